The van der Waals surface area contributed by atoms with Crippen LogP contribution >= 0.6 is 0 Å². The molecule has 6 heteroatoms. The van der Waals surface area contributed by atoms with Crippen molar-refractivity contribution in [1.82, 2.24) is 10.6 Å². The number of hydrogen-bond acceptors (Lipinski definition) is 4. The van der Waals surface area contributed by atoms with E-state index in [4.69, 9.17) is 9.47 Å². The molecule has 0 saturated heterocycles. The lowest BCUT2D eigenvalue weighted by atomic mass is 10.2. The lowest BCUT2D eigenvalue weighted by Gasteiger charge is -2.09. The molecule has 2 amide bonds. The Morgan fingerprint density at radius 1 is 0.885 bits per heavy atom. The Bertz CT molecular complexity index is 727. The predicted octanol–water partition coefficient (Wildman–Crippen LogP) is 2.04. The van der Waals surface area contributed by atoms with Crippen LogP contribution in [0.15, 0.2) is 54.6 Å². The Labute approximate surface area is 152 Å². The molecule has 0 unspecified atom stereocenters. The fraction of sp³-hybridized carbons (Fsp3) is 0.300. The Hall–Kier alpha value is -3.02. The van der Waals surface area contributed by atoms with Crippen LogP contribution in [0.1, 0.15) is 18.4 Å². The van der Waals surface area contributed by atoms with Crippen molar-refractivity contribution in [1.29, 1.82) is 0 Å². The van der Waals surface area contributed by atoms with Crippen LogP contribution in [0.4, 0.5) is 0 Å². The normalized spacial score (nSPS) is 12.9. The van der Waals surface area contributed by atoms with E-state index in [1.807, 2.05) is 30.3 Å². The molecule has 0 atom stereocenters. The van der Waals surface area contributed by atoms with Crippen molar-refractivity contribution in [2.45, 2.75) is 25.5 Å². The summed E-state index contributed by atoms with van der Waals surface area (Å²) in [5, 5.41) is 5.34. The minimum absolute atomic E-state index is 0.0229. The highest BCUT2D eigenvalue weighted by Crippen LogP contribution is 2.19. The van der Waals surface area contributed by atoms with Crippen molar-refractivity contribution in [2.75, 3.05) is 13.2 Å². The SMILES string of the molecule is O=C(COc1ccc(OCc2ccccc2)cc1)NCC(=O)NC1CC1. The molecule has 1 saturated carbocycles. The number of nitrogens with one attached hydrogen (secondary N) is 2. The second-order valence-electron chi connectivity index (χ2n) is 6.15. The lowest BCUT2D eigenvalue weighted by Crippen LogP contribution is -2.39. The molecule has 0 aromatic heterocycles. The van der Waals surface area contributed by atoms with Crippen molar-refractivity contribution in [3.05, 3.63) is 60.2 Å². The molecule has 26 heavy (non-hydrogen) atoms. The van der Waals surface area contributed by atoms with Gasteiger partial charge in [-0.05, 0) is 42.7 Å². The molecule has 136 valence electrons. The molecule has 0 heterocycles. The third-order valence-electron chi connectivity index (χ3n) is 3.83. The van der Waals surface area contributed by atoms with Gasteiger partial charge in [-0.25, -0.2) is 0 Å². The maximum Gasteiger partial charge on any atom is 0.258 e. The molecule has 3 rings (SSSR count). The first-order valence-corrected chi connectivity index (χ1v) is 8.65. The topological polar surface area (TPSA) is 76.7 Å². The van der Waals surface area contributed by atoms with Gasteiger partial charge >= 0.3 is 0 Å². The Kier molecular flexibility index (Phi) is 6.09. The van der Waals surface area contributed by atoms with Crippen molar-refractivity contribution in [2.24, 2.45) is 0 Å². The Morgan fingerprint density at radius 2 is 1.54 bits per heavy atom. The highest BCUT2D eigenvalue weighted by Gasteiger charge is 2.23. The molecule has 0 spiro atoms. The van der Waals surface area contributed by atoms with Crippen LogP contribution in [0, 0.1) is 0 Å². The van der Waals surface area contributed by atoms with E-state index in [9.17, 15) is 9.59 Å². The first-order valence-electron chi connectivity index (χ1n) is 8.65. The van der Waals surface area contributed by atoms with Crippen molar-refractivity contribution in [3.8, 4) is 11.5 Å². The largest absolute Gasteiger partial charge is 0.489 e. The summed E-state index contributed by atoms with van der Waals surface area (Å²) in [6.07, 6.45) is 2.04. The summed E-state index contributed by atoms with van der Waals surface area (Å²) >= 11 is 0. The van der Waals surface area contributed by atoms with Crippen LogP contribution in [0.3, 0.4) is 0 Å². The van der Waals surface area contributed by atoms with Gasteiger partial charge in [0.15, 0.2) is 6.61 Å². The Balaban J connectivity index is 1.35. The number of carbonyl (C=O) groups is 2. The van der Waals surface area contributed by atoms with Gasteiger partial charge < -0.3 is 20.1 Å². The smallest absolute Gasteiger partial charge is 0.258 e. The predicted molar refractivity (Wildman–Crippen MR) is 96.9 cm³/mol. The first kappa shape index (κ1) is 17.8. The molecule has 1 aliphatic rings. The van der Waals surface area contributed by atoms with Gasteiger partial charge in [-0.1, -0.05) is 30.3 Å². The lowest BCUT2D eigenvalue weighted by molar-refractivity contribution is -0.127. The molecule has 2 aromatic carbocycles. The number of hydrogen-bond donors (Lipinski definition) is 2. The summed E-state index contributed by atoms with van der Waals surface area (Å²) < 4.78 is 11.1. The molecular formula is C20H22N2O4. The molecule has 2 N–H and O–H groups in total. The maximum atomic E-state index is 11.7. The van der Waals surface area contributed by atoms with Gasteiger partial charge in [0.05, 0.1) is 6.54 Å². The first-order chi connectivity index (χ1) is 12.7. The summed E-state index contributed by atoms with van der Waals surface area (Å²) in [6, 6.07) is 17.3. The van der Waals surface area contributed by atoms with Crippen LogP contribution in [0.25, 0.3) is 0 Å². The third-order valence-corrected chi connectivity index (χ3v) is 3.83. The van der Waals surface area contributed by atoms with Crippen molar-refractivity contribution < 1.29 is 19.1 Å². The molecular weight excluding hydrogens is 332 g/mol. The van der Waals surface area contributed by atoms with E-state index >= 15 is 0 Å². The van der Waals surface area contributed by atoms with E-state index in [2.05, 4.69) is 10.6 Å². The van der Waals surface area contributed by atoms with E-state index in [0.29, 0.717) is 18.4 Å². The van der Waals surface area contributed by atoms with Crippen LogP contribution in [-0.4, -0.2) is 31.0 Å². The van der Waals surface area contributed by atoms with Gasteiger partial charge in [0.25, 0.3) is 5.91 Å². The van der Waals surface area contributed by atoms with Gasteiger partial charge in [0, 0.05) is 6.04 Å². The summed E-state index contributed by atoms with van der Waals surface area (Å²) in [5.41, 5.74) is 1.09. The van der Waals surface area contributed by atoms with Crippen molar-refractivity contribution in [3.63, 3.8) is 0 Å². The fourth-order valence-corrected chi connectivity index (χ4v) is 2.26. The molecule has 1 aliphatic carbocycles. The monoisotopic (exact) mass is 354 g/mol. The highest BCUT2D eigenvalue weighted by atomic mass is 16.5. The minimum Gasteiger partial charge on any atom is -0.489 e. The van der Waals surface area contributed by atoms with E-state index in [0.717, 1.165) is 24.2 Å². The number of carbonyl (C=O) groups excluding carboxylic acids is 2. The molecule has 6 nitrogen and oxygen atoms in total. The van der Waals surface area contributed by atoms with Crippen LogP contribution < -0.4 is 20.1 Å². The molecule has 0 bridgehead atoms. The summed E-state index contributed by atoms with van der Waals surface area (Å²) in [4.78, 5) is 23.2. The van der Waals surface area contributed by atoms with E-state index in [1.54, 1.807) is 24.3 Å². The average molecular weight is 354 g/mol. The number of benzene rings is 2. The Morgan fingerprint density at radius 3 is 2.19 bits per heavy atom. The van der Waals surface area contributed by atoms with Gasteiger partial charge in [-0.3, -0.25) is 9.59 Å². The minimum atomic E-state index is -0.333. The molecule has 0 radical (unpaired) electrons. The quantitative estimate of drug-likeness (QED) is 0.722. The van der Waals surface area contributed by atoms with E-state index in [-0.39, 0.29) is 25.0 Å². The second-order valence-corrected chi connectivity index (χ2v) is 6.15. The van der Waals surface area contributed by atoms with Gasteiger partial charge in [-0.15, -0.1) is 0 Å². The summed E-state index contributed by atoms with van der Waals surface area (Å²) in [7, 11) is 0. The number of amides is 2. The van der Waals surface area contributed by atoms with E-state index in [1.165, 1.54) is 0 Å². The second kappa shape index (κ2) is 8.89. The molecule has 2 aromatic rings. The van der Waals surface area contributed by atoms with Crippen molar-refractivity contribution >= 4 is 11.8 Å². The maximum absolute atomic E-state index is 11.7. The standard InChI is InChI=1S/C20H22N2O4/c23-19(22-16-6-7-16)12-21-20(24)14-26-18-10-8-17(9-11-18)25-13-15-4-2-1-3-5-15/h1-5,8-11,16H,6-7,12-14H2,(H,21,24)(H,22,23). The van der Waals surface area contributed by atoms with Gasteiger partial charge in [-0.2, -0.15) is 0 Å². The van der Waals surface area contributed by atoms with Gasteiger partial charge in [0.2, 0.25) is 5.91 Å². The molecule has 0 aliphatic heterocycles. The third kappa shape index (κ3) is 6.12. The summed E-state index contributed by atoms with van der Waals surface area (Å²) in [5.74, 6) is 0.790. The van der Waals surface area contributed by atoms with Crippen LogP contribution in [0.5, 0.6) is 11.5 Å². The van der Waals surface area contributed by atoms with Crippen LogP contribution in [-0.2, 0) is 16.2 Å². The number of rotatable bonds is 9. The van der Waals surface area contributed by atoms with E-state index < -0.39 is 0 Å². The fourth-order valence-electron chi connectivity index (χ4n) is 2.26. The zero-order valence-corrected chi connectivity index (χ0v) is 14.4. The highest BCUT2D eigenvalue weighted by molar-refractivity contribution is 5.85. The average Bonchev–Trinajstić information content (AvgIpc) is 3.48. The zero-order valence-electron chi connectivity index (χ0n) is 14.4. The van der Waals surface area contributed by atoms with Crippen LogP contribution in [0.2, 0.25) is 0 Å². The zero-order chi connectivity index (χ0) is 18.2. The van der Waals surface area contributed by atoms with Gasteiger partial charge in [0.1, 0.15) is 18.1 Å². The number of ether oxygens (including phenoxy) is 2. The summed E-state index contributed by atoms with van der Waals surface area (Å²) in [6.45, 7) is 0.332. The molecule has 1 fully saturated rings.